The molecule has 0 unspecified atom stereocenters. The summed E-state index contributed by atoms with van der Waals surface area (Å²) in [5, 5.41) is 2.74. The minimum atomic E-state index is -3.77. The van der Waals surface area contributed by atoms with Gasteiger partial charge in [0.2, 0.25) is 15.9 Å². The zero-order chi connectivity index (χ0) is 21.0. The second-order valence-corrected chi connectivity index (χ2v) is 8.73. The summed E-state index contributed by atoms with van der Waals surface area (Å²) in [6.07, 6.45) is 0. The Hall–Kier alpha value is -2.62. The lowest BCUT2D eigenvalue weighted by atomic mass is 10.1. The molecule has 1 heterocycles. The highest BCUT2D eigenvalue weighted by atomic mass is 32.2. The fourth-order valence-electron chi connectivity index (χ4n) is 3.20. The van der Waals surface area contributed by atoms with Crippen molar-refractivity contribution in [1.29, 1.82) is 0 Å². The number of halogens is 1. The van der Waals surface area contributed by atoms with Gasteiger partial charge >= 0.3 is 0 Å². The molecule has 154 valence electrons. The maximum Gasteiger partial charge on any atom is 0.243 e. The van der Waals surface area contributed by atoms with Crippen LogP contribution in [0, 0.1) is 5.82 Å². The molecule has 2 aromatic carbocycles. The number of nitrogens with zero attached hydrogens (tertiary/aromatic N) is 2. The molecule has 0 aliphatic carbocycles. The molecule has 2 aromatic rings. The van der Waals surface area contributed by atoms with Crippen LogP contribution in [0.25, 0.3) is 0 Å². The monoisotopic (exact) mass is 419 g/mol. The van der Waals surface area contributed by atoms with E-state index in [4.69, 9.17) is 0 Å². The Balaban J connectivity index is 1.57. The van der Waals surface area contributed by atoms with Crippen molar-refractivity contribution < 1.29 is 22.4 Å². The third-order valence-corrected chi connectivity index (χ3v) is 6.61. The number of hydrogen-bond acceptors (Lipinski definition) is 5. The number of rotatable bonds is 6. The first-order valence-corrected chi connectivity index (χ1v) is 10.6. The van der Waals surface area contributed by atoms with Crippen molar-refractivity contribution in [3.05, 3.63) is 59.9 Å². The summed E-state index contributed by atoms with van der Waals surface area (Å²) in [5.74, 6) is -1.02. The summed E-state index contributed by atoms with van der Waals surface area (Å²) in [5.41, 5.74) is 0.893. The smallest absolute Gasteiger partial charge is 0.243 e. The highest BCUT2D eigenvalue weighted by molar-refractivity contribution is 7.89. The Labute approximate surface area is 169 Å². The van der Waals surface area contributed by atoms with Crippen molar-refractivity contribution in [2.24, 2.45) is 0 Å². The number of hydrogen-bond donors (Lipinski definition) is 1. The number of piperazine rings is 1. The number of nitrogens with one attached hydrogen (secondary N) is 1. The molecule has 7 nitrogen and oxygen atoms in total. The van der Waals surface area contributed by atoms with Crippen LogP contribution in [0.15, 0.2) is 53.4 Å². The molecule has 1 aliphatic heterocycles. The van der Waals surface area contributed by atoms with Crippen LogP contribution in [0.3, 0.4) is 0 Å². The lowest BCUT2D eigenvalue weighted by Crippen LogP contribution is -2.50. The molecule has 9 heteroatoms. The summed E-state index contributed by atoms with van der Waals surface area (Å²) in [4.78, 5) is 25.8. The van der Waals surface area contributed by atoms with Gasteiger partial charge in [0.1, 0.15) is 5.82 Å². The van der Waals surface area contributed by atoms with Gasteiger partial charge in [-0.1, -0.05) is 18.2 Å². The van der Waals surface area contributed by atoms with E-state index in [1.54, 1.807) is 24.3 Å². The molecule has 0 aromatic heterocycles. The maximum atomic E-state index is 13.4. The van der Waals surface area contributed by atoms with E-state index >= 15 is 0 Å². The average molecular weight is 419 g/mol. The van der Waals surface area contributed by atoms with Gasteiger partial charge in [0.25, 0.3) is 0 Å². The number of sulfonamides is 1. The molecule has 29 heavy (non-hydrogen) atoms. The SMILES string of the molecule is CC(=O)c1ccccc1NC(=O)CN1CCN(S(=O)(=O)c2cccc(F)c2)CC1. The fraction of sp³-hybridized carbons (Fsp3) is 0.300. The van der Waals surface area contributed by atoms with E-state index in [-0.39, 0.29) is 36.2 Å². The number of amides is 1. The quantitative estimate of drug-likeness (QED) is 0.724. The number of anilines is 1. The van der Waals surface area contributed by atoms with Crippen molar-refractivity contribution in [3.63, 3.8) is 0 Å². The summed E-state index contributed by atoms with van der Waals surface area (Å²) in [7, 11) is -3.77. The fourth-order valence-corrected chi connectivity index (χ4v) is 4.65. The van der Waals surface area contributed by atoms with Crippen molar-refractivity contribution >= 4 is 27.4 Å². The van der Waals surface area contributed by atoms with E-state index in [0.717, 1.165) is 6.07 Å². The highest BCUT2D eigenvalue weighted by Crippen LogP contribution is 2.19. The minimum Gasteiger partial charge on any atom is -0.324 e. The zero-order valence-corrected chi connectivity index (χ0v) is 16.8. The molecule has 0 radical (unpaired) electrons. The van der Waals surface area contributed by atoms with Gasteiger partial charge in [-0.3, -0.25) is 14.5 Å². The second kappa shape index (κ2) is 8.81. The molecule has 0 saturated carbocycles. The van der Waals surface area contributed by atoms with Crippen LogP contribution in [0.4, 0.5) is 10.1 Å². The number of para-hydroxylation sites is 1. The first-order chi connectivity index (χ1) is 13.8. The normalized spacial score (nSPS) is 15.8. The van der Waals surface area contributed by atoms with Gasteiger partial charge in [0.15, 0.2) is 5.78 Å². The van der Waals surface area contributed by atoms with Crippen LogP contribution in [-0.2, 0) is 14.8 Å². The Morgan fingerprint density at radius 1 is 1.03 bits per heavy atom. The maximum absolute atomic E-state index is 13.4. The lowest BCUT2D eigenvalue weighted by molar-refractivity contribution is -0.117. The predicted octanol–water partition coefficient (Wildman–Crippen LogP) is 1.97. The number of ketones is 1. The van der Waals surface area contributed by atoms with Gasteiger partial charge in [0.05, 0.1) is 17.1 Å². The van der Waals surface area contributed by atoms with E-state index in [2.05, 4.69) is 5.32 Å². The standard InChI is InChI=1S/C20H22FN3O4S/c1-15(25)18-7-2-3-8-19(18)22-20(26)14-23-9-11-24(12-10-23)29(27,28)17-6-4-5-16(21)13-17/h2-8,13H,9-12,14H2,1H3,(H,22,26). The molecular formula is C20H22FN3O4S. The summed E-state index contributed by atoms with van der Waals surface area (Å²) in [6.45, 7) is 2.67. The molecule has 1 saturated heterocycles. The van der Waals surface area contributed by atoms with Gasteiger partial charge in [-0.15, -0.1) is 0 Å². The average Bonchev–Trinajstić information content (AvgIpc) is 2.68. The van der Waals surface area contributed by atoms with E-state index < -0.39 is 15.8 Å². The van der Waals surface area contributed by atoms with Crippen LogP contribution >= 0.6 is 0 Å². The molecule has 1 aliphatic rings. The summed E-state index contributed by atoms with van der Waals surface area (Å²) < 4.78 is 39.9. The van der Waals surface area contributed by atoms with Gasteiger partial charge < -0.3 is 5.32 Å². The highest BCUT2D eigenvalue weighted by Gasteiger charge is 2.29. The summed E-state index contributed by atoms with van der Waals surface area (Å²) >= 11 is 0. The number of carbonyl (C=O) groups is 2. The predicted molar refractivity (Wildman–Crippen MR) is 107 cm³/mol. The summed E-state index contributed by atoms with van der Waals surface area (Å²) in [6, 6.07) is 11.7. The first-order valence-electron chi connectivity index (χ1n) is 9.15. The Morgan fingerprint density at radius 3 is 2.38 bits per heavy atom. The zero-order valence-electron chi connectivity index (χ0n) is 16.0. The molecule has 0 spiro atoms. The van der Waals surface area contributed by atoms with Crippen LogP contribution < -0.4 is 5.32 Å². The van der Waals surface area contributed by atoms with Gasteiger partial charge in [0, 0.05) is 31.7 Å². The molecule has 1 N–H and O–H groups in total. The van der Waals surface area contributed by atoms with Crippen molar-refractivity contribution in [2.75, 3.05) is 38.0 Å². The first kappa shape index (κ1) is 21.1. The lowest BCUT2D eigenvalue weighted by Gasteiger charge is -2.33. The molecule has 3 rings (SSSR count). The topological polar surface area (TPSA) is 86.8 Å². The van der Waals surface area contributed by atoms with Gasteiger partial charge in [-0.05, 0) is 37.3 Å². The molecule has 1 amide bonds. The Morgan fingerprint density at radius 2 is 1.72 bits per heavy atom. The van der Waals surface area contributed by atoms with E-state index in [9.17, 15) is 22.4 Å². The van der Waals surface area contributed by atoms with E-state index in [1.807, 2.05) is 4.90 Å². The minimum absolute atomic E-state index is 0.0791. The molecule has 1 fully saturated rings. The molecular weight excluding hydrogens is 397 g/mol. The van der Waals surface area contributed by atoms with Crippen LogP contribution in [-0.4, -0.2) is 62.0 Å². The largest absolute Gasteiger partial charge is 0.324 e. The number of benzene rings is 2. The van der Waals surface area contributed by atoms with Crippen molar-refractivity contribution in [1.82, 2.24) is 9.21 Å². The molecule has 0 bridgehead atoms. The van der Waals surface area contributed by atoms with Gasteiger partial charge in [-0.2, -0.15) is 4.31 Å². The van der Waals surface area contributed by atoms with Crippen molar-refractivity contribution in [2.45, 2.75) is 11.8 Å². The number of carbonyl (C=O) groups excluding carboxylic acids is 2. The molecule has 0 atom stereocenters. The number of Topliss-reactive ketones (excluding diaryl/α,β-unsaturated/α-hetero) is 1. The van der Waals surface area contributed by atoms with Gasteiger partial charge in [-0.25, -0.2) is 12.8 Å². The Kier molecular flexibility index (Phi) is 6.41. The Bertz CT molecular complexity index is 1020. The second-order valence-electron chi connectivity index (χ2n) is 6.79. The van der Waals surface area contributed by atoms with E-state index in [1.165, 1.54) is 29.4 Å². The van der Waals surface area contributed by atoms with Crippen molar-refractivity contribution in [3.8, 4) is 0 Å². The van der Waals surface area contributed by atoms with E-state index in [0.29, 0.717) is 24.3 Å². The third-order valence-electron chi connectivity index (χ3n) is 4.71. The van der Waals surface area contributed by atoms with Crippen LogP contribution in [0.2, 0.25) is 0 Å². The third kappa shape index (κ3) is 5.06. The van der Waals surface area contributed by atoms with Crippen LogP contribution in [0.1, 0.15) is 17.3 Å². The van der Waals surface area contributed by atoms with Crippen LogP contribution in [0.5, 0.6) is 0 Å².